The maximum atomic E-state index is 4.75. The monoisotopic (exact) mass is 382 g/mol. The van der Waals surface area contributed by atoms with Gasteiger partial charge in [-0.2, -0.15) is 9.47 Å². The topological polar surface area (TPSA) is 50.1 Å². The van der Waals surface area contributed by atoms with Crippen LogP contribution in [0.15, 0.2) is 42.7 Å². The Bertz CT molecular complexity index is 871. The zero-order chi connectivity index (χ0) is 18.9. The summed E-state index contributed by atoms with van der Waals surface area (Å²) in [6.45, 7) is 11.5. The van der Waals surface area contributed by atoms with Gasteiger partial charge in [0.15, 0.2) is 0 Å². The lowest BCUT2D eigenvalue weighted by Crippen LogP contribution is -2.45. The average molecular weight is 383 g/mol. The summed E-state index contributed by atoms with van der Waals surface area (Å²) < 4.78 is 6.49. The molecule has 0 bridgehead atoms. The maximum absolute atomic E-state index is 4.75. The molecule has 6 nitrogen and oxygen atoms in total. The first kappa shape index (κ1) is 18.1. The van der Waals surface area contributed by atoms with Gasteiger partial charge in [0.25, 0.3) is 0 Å². The molecule has 1 aliphatic rings. The molecule has 3 heterocycles. The first-order valence-electron chi connectivity index (χ1n) is 9.39. The Kier molecular flexibility index (Phi) is 4.97. The number of anilines is 1. The van der Waals surface area contributed by atoms with E-state index in [2.05, 4.69) is 58.4 Å². The van der Waals surface area contributed by atoms with E-state index in [1.807, 2.05) is 29.1 Å². The number of benzene rings is 1. The van der Waals surface area contributed by atoms with Crippen LogP contribution in [-0.4, -0.2) is 50.2 Å². The fraction of sp³-hybridized carbons (Fsp3) is 0.450. The van der Waals surface area contributed by atoms with E-state index < -0.39 is 0 Å². The van der Waals surface area contributed by atoms with E-state index in [4.69, 9.17) is 4.98 Å². The molecule has 0 saturated carbocycles. The van der Waals surface area contributed by atoms with Crippen molar-refractivity contribution in [2.75, 3.05) is 31.1 Å². The summed E-state index contributed by atoms with van der Waals surface area (Å²) in [5.74, 6) is 0.943. The number of piperazine rings is 1. The highest BCUT2D eigenvalue weighted by Gasteiger charge is 2.24. The maximum Gasteiger partial charge on any atom is 0.205 e. The Hall–Kier alpha value is -2.25. The number of hydrogen-bond acceptors (Lipinski definition) is 6. The molecule has 2 aromatic heterocycles. The van der Waals surface area contributed by atoms with E-state index in [9.17, 15) is 0 Å². The van der Waals surface area contributed by atoms with Crippen molar-refractivity contribution in [3.8, 4) is 5.69 Å². The highest BCUT2D eigenvalue weighted by atomic mass is 32.1. The molecular weight excluding hydrogens is 356 g/mol. The van der Waals surface area contributed by atoms with Crippen LogP contribution < -0.4 is 4.90 Å². The molecule has 7 heteroatoms. The van der Waals surface area contributed by atoms with Crippen LogP contribution in [0, 0.1) is 0 Å². The summed E-state index contributed by atoms with van der Waals surface area (Å²) in [5, 5.41) is 5.56. The molecule has 0 N–H and O–H groups in total. The van der Waals surface area contributed by atoms with Crippen LogP contribution in [0.4, 0.5) is 5.13 Å². The van der Waals surface area contributed by atoms with E-state index in [1.165, 1.54) is 17.1 Å². The fourth-order valence-electron chi connectivity index (χ4n) is 3.17. The summed E-state index contributed by atoms with van der Waals surface area (Å²) in [6, 6.07) is 10.2. The van der Waals surface area contributed by atoms with Gasteiger partial charge in [0.05, 0.1) is 11.9 Å². The first-order valence-corrected chi connectivity index (χ1v) is 10.2. The lowest BCUT2D eigenvalue weighted by molar-refractivity contribution is 0.249. The summed E-state index contributed by atoms with van der Waals surface area (Å²) in [7, 11) is 0. The highest BCUT2D eigenvalue weighted by molar-refractivity contribution is 7.09. The number of rotatable bonds is 4. The molecule has 142 valence electrons. The second-order valence-electron chi connectivity index (χ2n) is 8.04. The van der Waals surface area contributed by atoms with Crippen molar-refractivity contribution >= 4 is 16.7 Å². The number of hydrogen-bond donors (Lipinski definition) is 0. The minimum absolute atomic E-state index is 0.00941. The average Bonchev–Trinajstić information content (AvgIpc) is 3.33. The van der Waals surface area contributed by atoms with Gasteiger partial charge in [-0.1, -0.05) is 39.0 Å². The molecular formula is C20H26N6S. The van der Waals surface area contributed by atoms with Crippen molar-refractivity contribution in [3.05, 3.63) is 54.1 Å². The lowest BCUT2D eigenvalue weighted by Gasteiger charge is -2.34. The van der Waals surface area contributed by atoms with E-state index in [0.717, 1.165) is 49.4 Å². The molecule has 0 atom stereocenters. The van der Waals surface area contributed by atoms with Crippen LogP contribution in [0.2, 0.25) is 0 Å². The van der Waals surface area contributed by atoms with E-state index in [-0.39, 0.29) is 5.41 Å². The Balaban J connectivity index is 1.34. The molecule has 0 unspecified atom stereocenters. The highest BCUT2D eigenvalue weighted by Crippen LogP contribution is 2.26. The molecule has 27 heavy (non-hydrogen) atoms. The third-order valence-electron chi connectivity index (χ3n) is 4.79. The Morgan fingerprint density at radius 1 is 1.04 bits per heavy atom. The van der Waals surface area contributed by atoms with Crippen LogP contribution in [0.1, 0.15) is 32.2 Å². The predicted molar refractivity (Wildman–Crippen MR) is 110 cm³/mol. The standard InChI is InChI=1S/C20H26N6S/c1-20(2,3)18-22-19(27-23-18)25-11-9-24(10-12-25)14-16-13-21-26(15-16)17-7-5-4-6-8-17/h4-8,13,15H,9-12,14H2,1-3H3. The molecule has 3 aromatic rings. The molecule has 0 spiro atoms. The molecule has 1 saturated heterocycles. The molecule has 1 aliphatic heterocycles. The predicted octanol–water partition coefficient (Wildman–Crippen LogP) is 3.34. The quantitative estimate of drug-likeness (QED) is 0.693. The van der Waals surface area contributed by atoms with Gasteiger partial charge < -0.3 is 4.90 Å². The lowest BCUT2D eigenvalue weighted by atomic mass is 9.96. The van der Waals surface area contributed by atoms with Gasteiger partial charge in [0.1, 0.15) is 5.82 Å². The normalized spacial score (nSPS) is 16.0. The molecule has 0 amide bonds. The van der Waals surface area contributed by atoms with Crippen molar-refractivity contribution in [3.63, 3.8) is 0 Å². The second-order valence-corrected chi connectivity index (χ2v) is 8.77. The zero-order valence-corrected chi connectivity index (χ0v) is 17.0. The largest absolute Gasteiger partial charge is 0.344 e. The van der Waals surface area contributed by atoms with Crippen LogP contribution in [0.25, 0.3) is 5.69 Å². The SMILES string of the molecule is CC(C)(C)c1nsc(N2CCN(Cc3cnn(-c4ccccc4)c3)CC2)n1. The van der Waals surface area contributed by atoms with E-state index in [1.54, 1.807) is 0 Å². The molecule has 0 aliphatic carbocycles. The van der Waals surface area contributed by atoms with Gasteiger partial charge in [-0.3, -0.25) is 4.90 Å². The summed E-state index contributed by atoms with van der Waals surface area (Å²) in [4.78, 5) is 9.59. The minimum Gasteiger partial charge on any atom is -0.344 e. The van der Waals surface area contributed by atoms with Crippen molar-refractivity contribution in [2.45, 2.75) is 32.7 Å². The molecule has 0 radical (unpaired) electrons. The summed E-state index contributed by atoms with van der Waals surface area (Å²) in [5.41, 5.74) is 2.35. The minimum atomic E-state index is 0.00941. The summed E-state index contributed by atoms with van der Waals surface area (Å²) >= 11 is 1.52. The molecule has 1 aromatic carbocycles. The van der Waals surface area contributed by atoms with Gasteiger partial charge in [-0.15, -0.1) is 0 Å². The van der Waals surface area contributed by atoms with Crippen LogP contribution in [0.5, 0.6) is 0 Å². The Labute approximate surface area is 164 Å². The number of aromatic nitrogens is 4. The number of para-hydroxylation sites is 1. The van der Waals surface area contributed by atoms with Gasteiger partial charge in [-0.25, -0.2) is 9.67 Å². The molecule has 4 rings (SSSR count). The van der Waals surface area contributed by atoms with Crippen molar-refractivity contribution in [1.29, 1.82) is 0 Å². The van der Waals surface area contributed by atoms with Crippen LogP contribution in [0.3, 0.4) is 0 Å². The third-order valence-corrected chi connectivity index (χ3v) is 5.57. The van der Waals surface area contributed by atoms with Gasteiger partial charge in [0.2, 0.25) is 5.13 Å². The van der Waals surface area contributed by atoms with Crippen molar-refractivity contribution in [1.82, 2.24) is 24.0 Å². The van der Waals surface area contributed by atoms with Gasteiger partial charge in [0, 0.05) is 61.4 Å². The smallest absolute Gasteiger partial charge is 0.205 e. The van der Waals surface area contributed by atoms with Gasteiger partial charge >= 0.3 is 0 Å². The number of nitrogens with zero attached hydrogens (tertiary/aromatic N) is 6. The van der Waals surface area contributed by atoms with Crippen molar-refractivity contribution < 1.29 is 0 Å². The zero-order valence-electron chi connectivity index (χ0n) is 16.2. The Morgan fingerprint density at radius 3 is 2.44 bits per heavy atom. The second kappa shape index (κ2) is 7.40. The van der Waals surface area contributed by atoms with E-state index in [0.29, 0.717) is 0 Å². The summed E-state index contributed by atoms with van der Waals surface area (Å²) in [6.07, 6.45) is 4.10. The fourth-order valence-corrected chi connectivity index (χ4v) is 4.08. The van der Waals surface area contributed by atoms with Crippen LogP contribution in [-0.2, 0) is 12.0 Å². The van der Waals surface area contributed by atoms with Gasteiger partial charge in [-0.05, 0) is 12.1 Å². The Morgan fingerprint density at radius 2 is 1.78 bits per heavy atom. The van der Waals surface area contributed by atoms with E-state index >= 15 is 0 Å². The first-order chi connectivity index (χ1) is 13.0. The van der Waals surface area contributed by atoms with Crippen LogP contribution >= 0.6 is 11.5 Å². The third kappa shape index (κ3) is 4.20. The molecule has 1 fully saturated rings. The van der Waals surface area contributed by atoms with Crippen molar-refractivity contribution in [2.24, 2.45) is 0 Å².